The van der Waals surface area contributed by atoms with Gasteiger partial charge >= 0.3 is 0 Å². The van der Waals surface area contributed by atoms with E-state index < -0.39 is 41.9 Å². The first-order valence-corrected chi connectivity index (χ1v) is 9.76. The van der Waals surface area contributed by atoms with E-state index in [0.717, 1.165) is 5.56 Å². The first kappa shape index (κ1) is 21.2. The number of nitro groups is 1. The van der Waals surface area contributed by atoms with Crippen molar-refractivity contribution in [1.82, 2.24) is 5.32 Å². The Hall–Kier alpha value is -3.05. The van der Waals surface area contributed by atoms with Gasteiger partial charge in [-0.15, -0.1) is 0 Å². The van der Waals surface area contributed by atoms with Crippen molar-refractivity contribution in [2.75, 3.05) is 6.61 Å². The van der Waals surface area contributed by atoms with Gasteiger partial charge in [-0.2, -0.15) is 0 Å². The van der Waals surface area contributed by atoms with Crippen molar-refractivity contribution in [2.45, 2.75) is 43.9 Å². The third-order valence-electron chi connectivity index (χ3n) is 5.11. The van der Waals surface area contributed by atoms with Crippen molar-refractivity contribution in [1.29, 1.82) is 0 Å². The second kappa shape index (κ2) is 8.98. The number of aliphatic hydroxyl groups is 1. The van der Waals surface area contributed by atoms with E-state index in [2.05, 4.69) is 5.32 Å². The monoisotopic (exact) mass is 430 g/mol. The number of non-ortho nitro benzene ring substituents is 1. The van der Waals surface area contributed by atoms with Gasteiger partial charge in [0.05, 0.1) is 11.5 Å². The molecule has 0 saturated carbocycles. The highest BCUT2D eigenvalue weighted by Gasteiger charge is 2.50. The standard InChI is InChI=1S/C21H22N2O8/c1-12(24)22-17-18(25)19-16(11-28-20(31-19)13-5-3-2-4-6-13)30-21(17)29-15-9-7-14(8-10-15)23(26)27/h2-10,16-21,25H,11H2,1H3,(H,22,24)/t16-,17-,18-,19+,20?,21+/m1/s1. The summed E-state index contributed by atoms with van der Waals surface area (Å²) in [5, 5.41) is 24.5. The summed E-state index contributed by atoms with van der Waals surface area (Å²) in [6.07, 6.45) is -4.26. The van der Waals surface area contributed by atoms with Gasteiger partial charge in [0.15, 0.2) is 6.29 Å². The fraction of sp³-hybridized carbons (Fsp3) is 0.381. The average molecular weight is 430 g/mol. The molecule has 2 aromatic carbocycles. The number of nitrogens with one attached hydrogen (secondary N) is 1. The summed E-state index contributed by atoms with van der Waals surface area (Å²) in [4.78, 5) is 22.1. The number of aliphatic hydroxyl groups excluding tert-OH is 1. The molecule has 0 radical (unpaired) electrons. The van der Waals surface area contributed by atoms with Gasteiger partial charge in [0, 0.05) is 24.6 Å². The largest absolute Gasteiger partial charge is 0.463 e. The van der Waals surface area contributed by atoms with E-state index in [0.29, 0.717) is 0 Å². The Labute approximate surface area is 177 Å². The molecule has 0 bridgehead atoms. The Balaban J connectivity index is 1.52. The van der Waals surface area contributed by atoms with Gasteiger partial charge in [-0.05, 0) is 12.1 Å². The molecule has 2 aliphatic heterocycles. The normalized spacial score (nSPS) is 30.1. The molecule has 2 fully saturated rings. The number of ether oxygens (including phenoxy) is 4. The molecule has 10 nitrogen and oxygen atoms in total. The SMILES string of the molecule is CC(=O)N[C@H]1[C@@H](Oc2ccc([N+](=O)[O-])cc2)O[C@@H]2COC(c3ccccc3)O[C@@H]2[C@@H]1O. The number of hydrogen-bond acceptors (Lipinski definition) is 8. The van der Waals surface area contributed by atoms with Gasteiger partial charge in [-0.1, -0.05) is 30.3 Å². The van der Waals surface area contributed by atoms with Crippen LogP contribution in [0.15, 0.2) is 54.6 Å². The van der Waals surface area contributed by atoms with Gasteiger partial charge in [0.2, 0.25) is 12.2 Å². The summed E-state index contributed by atoms with van der Waals surface area (Å²) < 4.78 is 23.5. The van der Waals surface area contributed by atoms with E-state index in [4.69, 9.17) is 18.9 Å². The lowest BCUT2D eigenvalue weighted by atomic mass is 9.95. The van der Waals surface area contributed by atoms with E-state index in [1.54, 1.807) is 0 Å². The Bertz CT molecular complexity index is 923. The van der Waals surface area contributed by atoms with Crippen molar-refractivity contribution in [3.05, 3.63) is 70.3 Å². The molecule has 1 amide bonds. The van der Waals surface area contributed by atoms with Crippen LogP contribution in [-0.2, 0) is 19.0 Å². The maximum atomic E-state index is 11.7. The topological polar surface area (TPSA) is 129 Å². The molecule has 0 aromatic heterocycles. The van der Waals surface area contributed by atoms with Crippen molar-refractivity contribution >= 4 is 11.6 Å². The highest BCUT2D eigenvalue weighted by atomic mass is 16.7. The van der Waals surface area contributed by atoms with Crippen molar-refractivity contribution in [3.63, 3.8) is 0 Å². The Morgan fingerprint density at radius 1 is 1.16 bits per heavy atom. The van der Waals surface area contributed by atoms with E-state index in [1.165, 1.54) is 31.2 Å². The summed E-state index contributed by atoms with van der Waals surface area (Å²) >= 11 is 0. The number of fused-ring (bicyclic) bond motifs is 1. The Kier molecular flexibility index (Phi) is 6.14. The van der Waals surface area contributed by atoms with Gasteiger partial charge in [0.25, 0.3) is 5.69 Å². The summed E-state index contributed by atoms with van der Waals surface area (Å²) in [6, 6.07) is 13.8. The molecule has 4 rings (SSSR count). The minimum absolute atomic E-state index is 0.0866. The van der Waals surface area contributed by atoms with Crippen LogP contribution in [0.4, 0.5) is 5.69 Å². The minimum Gasteiger partial charge on any atom is -0.463 e. The predicted octanol–water partition coefficient (Wildman–Crippen LogP) is 1.68. The van der Waals surface area contributed by atoms with Crippen LogP contribution in [0.3, 0.4) is 0 Å². The zero-order chi connectivity index (χ0) is 22.0. The highest BCUT2D eigenvalue weighted by molar-refractivity contribution is 5.73. The molecule has 10 heteroatoms. The number of benzene rings is 2. The van der Waals surface area contributed by atoms with E-state index >= 15 is 0 Å². The number of nitrogens with zero attached hydrogens (tertiary/aromatic N) is 1. The van der Waals surface area contributed by atoms with Crippen LogP contribution >= 0.6 is 0 Å². The zero-order valence-electron chi connectivity index (χ0n) is 16.6. The molecular weight excluding hydrogens is 408 g/mol. The number of carbonyl (C=O) groups is 1. The molecule has 6 atom stereocenters. The third-order valence-corrected chi connectivity index (χ3v) is 5.11. The second-order valence-electron chi connectivity index (χ2n) is 7.31. The van der Waals surface area contributed by atoms with Crippen LogP contribution in [0.1, 0.15) is 18.8 Å². The van der Waals surface area contributed by atoms with E-state index in [9.17, 15) is 20.0 Å². The second-order valence-corrected chi connectivity index (χ2v) is 7.31. The molecule has 2 N–H and O–H groups in total. The van der Waals surface area contributed by atoms with Crippen LogP contribution in [-0.4, -0.2) is 53.2 Å². The molecule has 1 unspecified atom stereocenters. The molecule has 2 aromatic rings. The predicted molar refractivity (Wildman–Crippen MR) is 106 cm³/mol. The summed E-state index contributed by atoms with van der Waals surface area (Å²) in [6.45, 7) is 1.47. The maximum absolute atomic E-state index is 11.7. The molecular formula is C21H22N2O8. The number of nitro benzene ring substituents is 1. The summed E-state index contributed by atoms with van der Waals surface area (Å²) in [5.74, 6) is -0.0912. The molecule has 2 saturated heterocycles. The van der Waals surface area contributed by atoms with Crippen LogP contribution < -0.4 is 10.1 Å². The fourth-order valence-corrected chi connectivity index (χ4v) is 3.64. The average Bonchev–Trinajstić information content (AvgIpc) is 2.77. The van der Waals surface area contributed by atoms with Gasteiger partial charge in [-0.3, -0.25) is 14.9 Å². The number of hydrogen-bond donors (Lipinski definition) is 2. The van der Waals surface area contributed by atoms with Crippen LogP contribution in [0.2, 0.25) is 0 Å². The molecule has 164 valence electrons. The summed E-state index contributed by atoms with van der Waals surface area (Å²) in [7, 11) is 0. The van der Waals surface area contributed by atoms with Crippen LogP contribution in [0.25, 0.3) is 0 Å². The number of amides is 1. The minimum atomic E-state index is -1.14. The summed E-state index contributed by atoms with van der Waals surface area (Å²) in [5.41, 5.74) is 0.713. The first-order chi connectivity index (χ1) is 14.9. The van der Waals surface area contributed by atoms with Crippen LogP contribution in [0.5, 0.6) is 5.75 Å². The van der Waals surface area contributed by atoms with E-state index in [1.807, 2.05) is 30.3 Å². The number of rotatable bonds is 5. The van der Waals surface area contributed by atoms with Gasteiger partial charge in [0.1, 0.15) is 30.1 Å². The smallest absolute Gasteiger partial charge is 0.269 e. The Morgan fingerprint density at radius 3 is 2.52 bits per heavy atom. The van der Waals surface area contributed by atoms with Crippen molar-refractivity contribution in [3.8, 4) is 5.75 Å². The third kappa shape index (κ3) is 4.67. The van der Waals surface area contributed by atoms with E-state index in [-0.39, 0.29) is 24.0 Å². The molecule has 2 heterocycles. The quantitative estimate of drug-likeness (QED) is 0.541. The lowest BCUT2D eigenvalue weighted by Gasteiger charge is -2.47. The molecule has 0 spiro atoms. The molecule has 0 aliphatic carbocycles. The lowest BCUT2D eigenvalue weighted by molar-refractivity contribution is -0.384. The fourth-order valence-electron chi connectivity index (χ4n) is 3.64. The lowest BCUT2D eigenvalue weighted by Crippen LogP contribution is -2.67. The maximum Gasteiger partial charge on any atom is 0.269 e. The Morgan fingerprint density at radius 2 is 1.87 bits per heavy atom. The molecule has 31 heavy (non-hydrogen) atoms. The first-order valence-electron chi connectivity index (χ1n) is 9.76. The molecule has 2 aliphatic rings. The van der Waals surface area contributed by atoms with Crippen molar-refractivity contribution in [2.24, 2.45) is 0 Å². The van der Waals surface area contributed by atoms with Crippen LogP contribution in [0, 0.1) is 10.1 Å². The highest BCUT2D eigenvalue weighted by Crippen LogP contribution is 2.35. The zero-order valence-corrected chi connectivity index (χ0v) is 16.6. The van der Waals surface area contributed by atoms with Crippen molar-refractivity contribution < 1.29 is 33.8 Å². The van der Waals surface area contributed by atoms with Gasteiger partial charge < -0.3 is 29.4 Å². The van der Waals surface area contributed by atoms with Gasteiger partial charge in [-0.25, -0.2) is 0 Å². The number of carbonyl (C=O) groups excluding carboxylic acids is 1.